The molecule has 114 valence electrons. The number of hydrogen-bond donors (Lipinski definition) is 1. The lowest BCUT2D eigenvalue weighted by Gasteiger charge is -2.11. The first-order valence-corrected chi connectivity index (χ1v) is 6.69. The topological polar surface area (TPSA) is 64.6 Å². The van der Waals surface area contributed by atoms with E-state index in [-0.39, 0.29) is 11.7 Å². The largest absolute Gasteiger partial charge is 0.497 e. The number of carbonyl (C=O) groups excluding carboxylic acids is 2. The fraction of sp³-hybridized carbons (Fsp3) is 0.176. The number of ether oxygens (including phenoxy) is 2. The van der Waals surface area contributed by atoms with Crippen LogP contribution in [-0.4, -0.2) is 25.9 Å². The second-order valence-electron chi connectivity index (χ2n) is 4.65. The molecule has 0 heterocycles. The number of amides is 1. The summed E-state index contributed by atoms with van der Waals surface area (Å²) in [5.41, 5.74) is 1.29. The highest BCUT2D eigenvalue weighted by molar-refractivity contribution is 6.14. The summed E-state index contributed by atoms with van der Waals surface area (Å²) in [6.07, 6.45) is 0. The van der Waals surface area contributed by atoms with Crippen molar-refractivity contribution in [2.75, 3.05) is 19.5 Å². The maximum Gasteiger partial charge on any atom is 0.221 e. The number of rotatable bonds is 5. The monoisotopic (exact) mass is 299 g/mol. The van der Waals surface area contributed by atoms with Crippen molar-refractivity contribution in [3.05, 3.63) is 53.6 Å². The van der Waals surface area contributed by atoms with Crippen molar-refractivity contribution >= 4 is 17.4 Å². The maximum absolute atomic E-state index is 12.7. The number of benzene rings is 2. The third-order valence-corrected chi connectivity index (χ3v) is 3.11. The highest BCUT2D eigenvalue weighted by Gasteiger charge is 2.16. The molecule has 22 heavy (non-hydrogen) atoms. The van der Waals surface area contributed by atoms with Crippen LogP contribution in [0.2, 0.25) is 0 Å². The first kappa shape index (κ1) is 15.6. The first-order valence-electron chi connectivity index (χ1n) is 6.69. The van der Waals surface area contributed by atoms with Gasteiger partial charge in [0.2, 0.25) is 5.91 Å². The van der Waals surface area contributed by atoms with E-state index in [1.807, 2.05) is 0 Å². The number of methoxy groups -OCH3 is 2. The Labute approximate surface area is 128 Å². The van der Waals surface area contributed by atoms with E-state index in [4.69, 9.17) is 9.47 Å². The SMILES string of the molecule is COc1cccc(C(=O)c2ccc(OC)cc2NC(C)=O)c1. The molecule has 0 radical (unpaired) electrons. The summed E-state index contributed by atoms with van der Waals surface area (Å²) < 4.78 is 10.3. The van der Waals surface area contributed by atoms with Crippen LogP contribution in [0, 0.1) is 0 Å². The third kappa shape index (κ3) is 3.44. The minimum atomic E-state index is -0.257. The molecule has 0 fully saturated rings. The molecule has 2 aromatic carbocycles. The van der Waals surface area contributed by atoms with Crippen molar-refractivity contribution in [1.82, 2.24) is 0 Å². The van der Waals surface area contributed by atoms with Crippen molar-refractivity contribution in [3.63, 3.8) is 0 Å². The van der Waals surface area contributed by atoms with Gasteiger partial charge in [-0.25, -0.2) is 0 Å². The number of carbonyl (C=O) groups is 2. The molecule has 5 heteroatoms. The Kier molecular flexibility index (Phi) is 4.78. The summed E-state index contributed by atoms with van der Waals surface area (Å²) in [7, 11) is 3.07. The van der Waals surface area contributed by atoms with Gasteiger partial charge in [0.15, 0.2) is 5.78 Å². The van der Waals surface area contributed by atoms with Gasteiger partial charge in [-0.3, -0.25) is 9.59 Å². The third-order valence-electron chi connectivity index (χ3n) is 3.11. The Morgan fingerprint density at radius 3 is 2.27 bits per heavy atom. The summed E-state index contributed by atoms with van der Waals surface area (Å²) in [4.78, 5) is 24.0. The molecule has 0 saturated carbocycles. The molecule has 0 aliphatic rings. The normalized spacial score (nSPS) is 9.95. The Bertz CT molecular complexity index is 710. The van der Waals surface area contributed by atoms with Crippen LogP contribution in [0.4, 0.5) is 5.69 Å². The van der Waals surface area contributed by atoms with E-state index in [9.17, 15) is 9.59 Å². The van der Waals surface area contributed by atoms with E-state index in [0.29, 0.717) is 28.3 Å². The highest BCUT2D eigenvalue weighted by Crippen LogP contribution is 2.26. The summed E-state index contributed by atoms with van der Waals surface area (Å²) in [6, 6.07) is 11.8. The molecule has 0 unspecified atom stereocenters. The van der Waals surface area contributed by atoms with E-state index in [0.717, 1.165) is 0 Å². The summed E-state index contributed by atoms with van der Waals surface area (Å²) in [6.45, 7) is 1.39. The van der Waals surface area contributed by atoms with Gasteiger partial charge in [-0.2, -0.15) is 0 Å². The molecule has 0 aliphatic heterocycles. The first-order chi connectivity index (χ1) is 10.5. The zero-order chi connectivity index (χ0) is 16.1. The molecular weight excluding hydrogens is 282 g/mol. The van der Waals surface area contributed by atoms with Gasteiger partial charge in [0.05, 0.1) is 19.9 Å². The molecule has 2 rings (SSSR count). The summed E-state index contributed by atoms with van der Waals surface area (Å²) in [5, 5.41) is 2.66. The Hall–Kier alpha value is -2.82. The van der Waals surface area contributed by atoms with Crippen LogP contribution in [0.25, 0.3) is 0 Å². The number of anilines is 1. The minimum Gasteiger partial charge on any atom is -0.497 e. The van der Waals surface area contributed by atoms with Crippen LogP contribution in [0.15, 0.2) is 42.5 Å². The molecular formula is C17H17NO4. The van der Waals surface area contributed by atoms with Crippen molar-refractivity contribution in [1.29, 1.82) is 0 Å². The fourth-order valence-corrected chi connectivity index (χ4v) is 2.06. The smallest absolute Gasteiger partial charge is 0.221 e. The fourth-order valence-electron chi connectivity index (χ4n) is 2.06. The molecule has 1 amide bonds. The van der Waals surface area contributed by atoms with E-state index >= 15 is 0 Å². The molecule has 0 aromatic heterocycles. The highest BCUT2D eigenvalue weighted by atomic mass is 16.5. The predicted octanol–water partition coefficient (Wildman–Crippen LogP) is 2.89. The van der Waals surface area contributed by atoms with Crippen molar-refractivity contribution in [2.45, 2.75) is 6.92 Å². The molecule has 0 aliphatic carbocycles. The quantitative estimate of drug-likeness (QED) is 0.862. The van der Waals surface area contributed by atoms with E-state index in [2.05, 4.69) is 5.32 Å². The Balaban J connectivity index is 2.45. The van der Waals surface area contributed by atoms with Crippen molar-refractivity contribution in [2.24, 2.45) is 0 Å². The van der Waals surface area contributed by atoms with Gasteiger partial charge in [-0.15, -0.1) is 0 Å². The average molecular weight is 299 g/mol. The van der Waals surface area contributed by atoms with Crippen molar-refractivity contribution < 1.29 is 19.1 Å². The molecule has 0 bridgehead atoms. The average Bonchev–Trinajstić information content (AvgIpc) is 2.53. The van der Waals surface area contributed by atoms with Gasteiger partial charge in [0.25, 0.3) is 0 Å². The van der Waals surface area contributed by atoms with Crippen LogP contribution in [-0.2, 0) is 4.79 Å². The van der Waals surface area contributed by atoms with Gasteiger partial charge in [0, 0.05) is 24.1 Å². The van der Waals surface area contributed by atoms with E-state index in [1.54, 1.807) is 49.6 Å². The van der Waals surface area contributed by atoms with Crippen LogP contribution in [0.1, 0.15) is 22.8 Å². The van der Waals surface area contributed by atoms with E-state index < -0.39 is 0 Å². The molecule has 2 aromatic rings. The van der Waals surface area contributed by atoms with Crippen LogP contribution in [0.3, 0.4) is 0 Å². The molecule has 0 saturated heterocycles. The second kappa shape index (κ2) is 6.76. The lowest BCUT2D eigenvalue weighted by atomic mass is 10.0. The number of nitrogens with one attached hydrogen (secondary N) is 1. The van der Waals surface area contributed by atoms with Gasteiger partial charge in [-0.1, -0.05) is 12.1 Å². The van der Waals surface area contributed by atoms with Gasteiger partial charge < -0.3 is 14.8 Å². The summed E-state index contributed by atoms with van der Waals surface area (Å²) in [5.74, 6) is 0.699. The van der Waals surface area contributed by atoms with Gasteiger partial charge >= 0.3 is 0 Å². The number of ketones is 1. The summed E-state index contributed by atoms with van der Waals surface area (Å²) >= 11 is 0. The number of hydrogen-bond acceptors (Lipinski definition) is 4. The Morgan fingerprint density at radius 2 is 1.64 bits per heavy atom. The Morgan fingerprint density at radius 1 is 0.955 bits per heavy atom. The van der Waals surface area contributed by atoms with Crippen LogP contribution < -0.4 is 14.8 Å². The lowest BCUT2D eigenvalue weighted by molar-refractivity contribution is -0.114. The molecule has 0 spiro atoms. The minimum absolute atomic E-state index is 0.203. The zero-order valence-electron chi connectivity index (χ0n) is 12.7. The van der Waals surface area contributed by atoms with E-state index in [1.165, 1.54) is 14.0 Å². The maximum atomic E-state index is 12.7. The van der Waals surface area contributed by atoms with Gasteiger partial charge in [-0.05, 0) is 24.3 Å². The zero-order valence-corrected chi connectivity index (χ0v) is 12.7. The van der Waals surface area contributed by atoms with Crippen LogP contribution in [0.5, 0.6) is 11.5 Å². The standard InChI is InChI=1S/C17H17NO4/c1-11(19)18-16-10-14(22-3)7-8-15(16)17(20)12-5-4-6-13(9-12)21-2/h4-10H,1-3H3,(H,18,19). The molecule has 0 atom stereocenters. The lowest BCUT2D eigenvalue weighted by Crippen LogP contribution is -2.12. The predicted molar refractivity (Wildman–Crippen MR) is 83.7 cm³/mol. The molecule has 5 nitrogen and oxygen atoms in total. The second-order valence-corrected chi connectivity index (χ2v) is 4.65. The van der Waals surface area contributed by atoms with Crippen LogP contribution >= 0.6 is 0 Å². The van der Waals surface area contributed by atoms with Crippen molar-refractivity contribution in [3.8, 4) is 11.5 Å². The molecule has 1 N–H and O–H groups in total. The van der Waals surface area contributed by atoms with Gasteiger partial charge in [0.1, 0.15) is 11.5 Å².